The quantitative estimate of drug-likeness (QED) is 0.574. The van der Waals surface area contributed by atoms with Gasteiger partial charge in [0.1, 0.15) is 0 Å². The molecular weight excluding hydrogens is 298 g/mol. The average molecular weight is 320 g/mol. The Hall–Kier alpha value is -0.780. The van der Waals surface area contributed by atoms with Gasteiger partial charge in [-0.25, -0.2) is 4.79 Å². The monoisotopic (exact) mass is 319 g/mol. The lowest BCUT2D eigenvalue weighted by atomic mass is 9.97. The minimum atomic E-state index is -0.490. The van der Waals surface area contributed by atoms with Gasteiger partial charge in [0.25, 0.3) is 0 Å². The van der Waals surface area contributed by atoms with Gasteiger partial charge >= 0.3 is 6.03 Å². The van der Waals surface area contributed by atoms with Crippen molar-refractivity contribution in [1.29, 1.82) is 0 Å². The van der Waals surface area contributed by atoms with Gasteiger partial charge in [-0.05, 0) is 31.6 Å². The molecule has 3 amide bonds. The van der Waals surface area contributed by atoms with E-state index in [9.17, 15) is 9.59 Å². The number of piperidine rings is 1. The number of alkyl halides is 1. The van der Waals surface area contributed by atoms with E-state index in [0.717, 1.165) is 44.1 Å². The first-order valence-corrected chi connectivity index (χ1v) is 7.62. The van der Waals surface area contributed by atoms with Crippen LogP contribution in [0.5, 0.6) is 0 Å². The highest BCUT2D eigenvalue weighted by molar-refractivity contribution is 9.09. The molecule has 104 valence electrons. The van der Waals surface area contributed by atoms with Crippen molar-refractivity contribution in [3.8, 4) is 0 Å². The Morgan fingerprint density at radius 3 is 2.83 bits per heavy atom. The number of amides is 3. The lowest BCUT2D eigenvalue weighted by molar-refractivity contribution is -0.133. The van der Waals surface area contributed by atoms with Crippen LogP contribution < -0.4 is 11.1 Å². The van der Waals surface area contributed by atoms with Crippen molar-refractivity contribution in [2.24, 2.45) is 11.7 Å². The molecule has 1 unspecified atom stereocenters. The molecule has 1 heterocycles. The van der Waals surface area contributed by atoms with Crippen LogP contribution >= 0.6 is 15.9 Å². The molecule has 0 aromatic heterocycles. The fourth-order valence-corrected chi connectivity index (χ4v) is 2.63. The van der Waals surface area contributed by atoms with Gasteiger partial charge in [-0.15, -0.1) is 0 Å². The molecule has 0 radical (unpaired) electrons. The molecule has 1 aliphatic heterocycles. The Balaban J connectivity index is 2.28. The van der Waals surface area contributed by atoms with Crippen LogP contribution in [0.15, 0.2) is 0 Å². The molecule has 0 bridgehead atoms. The normalized spacial score (nSPS) is 19.6. The van der Waals surface area contributed by atoms with Crippen LogP contribution in [-0.2, 0) is 4.79 Å². The maximum absolute atomic E-state index is 12.0. The smallest absolute Gasteiger partial charge is 0.312 e. The Morgan fingerprint density at radius 2 is 2.17 bits per heavy atom. The summed E-state index contributed by atoms with van der Waals surface area (Å²) in [6.07, 6.45) is 4.65. The van der Waals surface area contributed by atoms with Crippen LogP contribution in [0.1, 0.15) is 32.1 Å². The second-order valence-corrected chi connectivity index (χ2v) is 5.53. The third-order valence-electron chi connectivity index (χ3n) is 3.21. The number of nitrogens with two attached hydrogens (primary N) is 1. The summed E-state index contributed by atoms with van der Waals surface area (Å²) in [6, 6.07) is -0.490. The number of nitrogens with zero attached hydrogens (tertiary/aromatic N) is 1. The van der Waals surface area contributed by atoms with E-state index < -0.39 is 6.03 Å². The Labute approximate surface area is 117 Å². The first-order valence-electron chi connectivity index (χ1n) is 6.50. The summed E-state index contributed by atoms with van der Waals surface area (Å²) in [5.74, 6) is 0.575. The zero-order chi connectivity index (χ0) is 13.4. The molecule has 5 nitrogen and oxygen atoms in total. The number of rotatable bonds is 6. The van der Waals surface area contributed by atoms with E-state index >= 15 is 0 Å². The van der Waals surface area contributed by atoms with Gasteiger partial charge < -0.3 is 16.0 Å². The Morgan fingerprint density at radius 1 is 1.39 bits per heavy atom. The van der Waals surface area contributed by atoms with Crippen molar-refractivity contribution < 1.29 is 9.59 Å². The fourth-order valence-electron chi connectivity index (χ4n) is 2.23. The second kappa shape index (κ2) is 8.34. The molecular formula is C12H22BrN3O2. The predicted molar refractivity (Wildman–Crippen MR) is 74.5 cm³/mol. The number of likely N-dealkylation sites (tertiary alicyclic amines) is 1. The SMILES string of the molecule is NC(=O)NCC1CCCN(C(=O)CCCCBr)C1. The van der Waals surface area contributed by atoms with E-state index in [4.69, 9.17) is 5.73 Å². The van der Waals surface area contributed by atoms with Gasteiger partial charge in [-0.1, -0.05) is 15.9 Å². The van der Waals surface area contributed by atoms with Crippen molar-refractivity contribution >= 4 is 27.9 Å². The number of hydrogen-bond acceptors (Lipinski definition) is 2. The summed E-state index contributed by atoms with van der Waals surface area (Å²) in [5, 5.41) is 3.57. The van der Waals surface area contributed by atoms with Gasteiger partial charge in [0.15, 0.2) is 0 Å². The Kier molecular flexibility index (Phi) is 7.08. The summed E-state index contributed by atoms with van der Waals surface area (Å²) >= 11 is 3.36. The molecule has 18 heavy (non-hydrogen) atoms. The molecule has 0 aliphatic carbocycles. The van der Waals surface area contributed by atoms with Crippen molar-refractivity contribution in [1.82, 2.24) is 10.2 Å². The van der Waals surface area contributed by atoms with Gasteiger partial charge in [0.05, 0.1) is 0 Å². The second-order valence-electron chi connectivity index (χ2n) is 4.74. The molecule has 1 atom stereocenters. The maximum Gasteiger partial charge on any atom is 0.312 e. The molecule has 3 N–H and O–H groups in total. The molecule has 0 aromatic carbocycles. The summed E-state index contributed by atoms with van der Waals surface area (Å²) in [5.41, 5.74) is 5.05. The van der Waals surface area contributed by atoms with Crippen molar-refractivity contribution in [3.63, 3.8) is 0 Å². The van der Waals surface area contributed by atoms with Gasteiger partial charge in [0.2, 0.25) is 5.91 Å². The maximum atomic E-state index is 12.0. The molecule has 6 heteroatoms. The molecule has 1 aliphatic rings. The van der Waals surface area contributed by atoms with Crippen LogP contribution in [0.3, 0.4) is 0 Å². The third kappa shape index (κ3) is 5.71. The highest BCUT2D eigenvalue weighted by Crippen LogP contribution is 2.17. The number of nitrogens with one attached hydrogen (secondary N) is 1. The topological polar surface area (TPSA) is 75.4 Å². The Bertz CT molecular complexity index is 286. The molecule has 0 saturated carbocycles. The number of carbonyl (C=O) groups is 2. The number of hydrogen-bond donors (Lipinski definition) is 2. The number of unbranched alkanes of at least 4 members (excludes halogenated alkanes) is 1. The number of primary amides is 1. The highest BCUT2D eigenvalue weighted by atomic mass is 79.9. The average Bonchev–Trinajstić information content (AvgIpc) is 2.37. The third-order valence-corrected chi connectivity index (χ3v) is 3.77. The lowest BCUT2D eigenvalue weighted by Gasteiger charge is -2.32. The summed E-state index contributed by atoms with van der Waals surface area (Å²) in [7, 11) is 0. The van der Waals surface area contributed by atoms with Gasteiger partial charge in [0, 0.05) is 31.4 Å². The van der Waals surface area contributed by atoms with Crippen LogP contribution in [0.4, 0.5) is 4.79 Å². The van der Waals surface area contributed by atoms with E-state index in [0.29, 0.717) is 18.9 Å². The van der Waals surface area contributed by atoms with Crippen LogP contribution in [-0.4, -0.2) is 41.8 Å². The summed E-state index contributed by atoms with van der Waals surface area (Å²) in [6.45, 7) is 2.16. The number of carbonyl (C=O) groups excluding carboxylic acids is 2. The minimum absolute atomic E-state index is 0.236. The number of urea groups is 1. The largest absolute Gasteiger partial charge is 0.352 e. The number of halogens is 1. The van der Waals surface area contributed by atoms with E-state index in [1.807, 2.05) is 4.90 Å². The predicted octanol–water partition coefficient (Wildman–Crippen LogP) is 1.46. The highest BCUT2D eigenvalue weighted by Gasteiger charge is 2.23. The summed E-state index contributed by atoms with van der Waals surface area (Å²) in [4.78, 5) is 24.5. The van der Waals surface area contributed by atoms with E-state index in [-0.39, 0.29) is 5.91 Å². The molecule has 1 rings (SSSR count). The first kappa shape index (κ1) is 15.3. The zero-order valence-corrected chi connectivity index (χ0v) is 12.2. The molecule has 0 aromatic rings. The van der Waals surface area contributed by atoms with E-state index in [1.54, 1.807) is 0 Å². The van der Waals surface area contributed by atoms with Crippen LogP contribution in [0.25, 0.3) is 0 Å². The fraction of sp³-hybridized carbons (Fsp3) is 0.833. The van der Waals surface area contributed by atoms with Crippen molar-refractivity contribution in [2.45, 2.75) is 32.1 Å². The molecule has 1 fully saturated rings. The van der Waals surface area contributed by atoms with Crippen LogP contribution in [0, 0.1) is 5.92 Å². The van der Waals surface area contributed by atoms with Gasteiger partial charge in [-0.3, -0.25) is 4.79 Å². The zero-order valence-electron chi connectivity index (χ0n) is 10.7. The summed E-state index contributed by atoms with van der Waals surface area (Å²) < 4.78 is 0. The lowest BCUT2D eigenvalue weighted by Crippen LogP contribution is -2.44. The van der Waals surface area contributed by atoms with Gasteiger partial charge in [-0.2, -0.15) is 0 Å². The van der Waals surface area contributed by atoms with Crippen LogP contribution in [0.2, 0.25) is 0 Å². The van der Waals surface area contributed by atoms with Crippen molar-refractivity contribution in [2.75, 3.05) is 25.0 Å². The molecule has 0 spiro atoms. The first-order chi connectivity index (χ1) is 8.63. The van der Waals surface area contributed by atoms with E-state index in [2.05, 4.69) is 21.2 Å². The minimum Gasteiger partial charge on any atom is -0.352 e. The van der Waals surface area contributed by atoms with Crippen molar-refractivity contribution in [3.05, 3.63) is 0 Å². The standard InChI is InChI=1S/C12H22BrN3O2/c13-6-2-1-5-11(17)16-7-3-4-10(9-16)8-15-12(14)18/h10H,1-9H2,(H3,14,15,18). The van der Waals surface area contributed by atoms with E-state index in [1.165, 1.54) is 0 Å². The molecule has 1 saturated heterocycles.